The van der Waals surface area contributed by atoms with Gasteiger partial charge in [0.05, 0.1) is 5.56 Å². The fourth-order valence-corrected chi connectivity index (χ4v) is 1.99. The Balaban J connectivity index is 3.02. The fourth-order valence-electron chi connectivity index (χ4n) is 1.57. The van der Waals surface area contributed by atoms with E-state index in [1.165, 1.54) is 6.07 Å². The third kappa shape index (κ3) is 4.81. The van der Waals surface area contributed by atoms with Crippen molar-refractivity contribution < 1.29 is 22.4 Å². The fraction of sp³-hybridized carbons (Fsp3) is 0.417. The summed E-state index contributed by atoms with van der Waals surface area (Å²) in [5, 5.41) is 0. The van der Waals surface area contributed by atoms with Gasteiger partial charge in [-0.1, -0.05) is 6.92 Å². The lowest BCUT2D eigenvalue weighted by Gasteiger charge is -2.24. The van der Waals surface area contributed by atoms with Gasteiger partial charge in [0, 0.05) is 11.0 Å². The van der Waals surface area contributed by atoms with Crippen LogP contribution in [0, 0.1) is 5.82 Å². The summed E-state index contributed by atoms with van der Waals surface area (Å²) in [5.74, 6) is -1.51. The molecule has 0 unspecified atom stereocenters. The molecule has 0 saturated heterocycles. The number of alkyl halides is 3. The minimum Gasteiger partial charge on any atom is -0.330 e. The third-order valence-electron chi connectivity index (χ3n) is 2.31. The van der Waals surface area contributed by atoms with E-state index >= 15 is 0 Å². The third-order valence-corrected chi connectivity index (χ3v) is 3.00. The second-order valence-electron chi connectivity index (χ2n) is 3.97. The first-order valence-corrected chi connectivity index (χ1v) is 6.35. The van der Waals surface area contributed by atoms with Crippen molar-refractivity contribution in [3.8, 4) is 0 Å². The molecule has 1 aromatic carbocycles. The van der Waals surface area contributed by atoms with Crippen LogP contribution in [0.25, 0.3) is 0 Å². The number of hydrogen-bond acceptors (Lipinski definition) is 1. The highest BCUT2D eigenvalue weighted by Gasteiger charge is 2.33. The van der Waals surface area contributed by atoms with Gasteiger partial charge in [0.25, 0.3) is 5.91 Å². The normalized spacial score (nSPS) is 11.5. The Morgan fingerprint density at radius 1 is 1.37 bits per heavy atom. The lowest BCUT2D eigenvalue weighted by atomic mass is 10.2. The molecule has 0 atom stereocenters. The molecule has 0 bridgehead atoms. The monoisotopic (exact) mass is 341 g/mol. The Morgan fingerprint density at radius 3 is 2.53 bits per heavy atom. The molecule has 1 amide bonds. The van der Waals surface area contributed by atoms with E-state index < -0.39 is 24.4 Å². The molecule has 2 nitrogen and oxygen atoms in total. The quantitative estimate of drug-likeness (QED) is 0.758. The summed E-state index contributed by atoms with van der Waals surface area (Å²) in [5.41, 5.74) is -0.113. The minimum absolute atomic E-state index is 0.0404. The van der Waals surface area contributed by atoms with Crippen LogP contribution in [-0.4, -0.2) is 30.1 Å². The maximum absolute atomic E-state index is 13.1. The van der Waals surface area contributed by atoms with Crippen LogP contribution in [0.2, 0.25) is 0 Å². The molecular weight excluding hydrogens is 330 g/mol. The SMILES string of the molecule is CCCN(CC(F)(F)F)C(=O)c1cc(F)ccc1Br. The largest absolute Gasteiger partial charge is 0.406 e. The number of carbonyl (C=O) groups is 1. The van der Waals surface area contributed by atoms with Crippen molar-refractivity contribution in [3.63, 3.8) is 0 Å². The number of amides is 1. The number of nitrogens with zero attached hydrogens (tertiary/aromatic N) is 1. The van der Waals surface area contributed by atoms with E-state index in [0.29, 0.717) is 11.3 Å². The first-order chi connectivity index (χ1) is 8.74. The number of hydrogen-bond donors (Lipinski definition) is 0. The summed E-state index contributed by atoms with van der Waals surface area (Å²) in [4.78, 5) is 12.7. The van der Waals surface area contributed by atoms with Crippen molar-refractivity contribution in [2.75, 3.05) is 13.1 Å². The summed E-state index contributed by atoms with van der Waals surface area (Å²) in [6.07, 6.45) is -4.10. The maximum atomic E-state index is 13.1. The highest BCUT2D eigenvalue weighted by Crippen LogP contribution is 2.23. The van der Waals surface area contributed by atoms with Gasteiger partial charge in [0.2, 0.25) is 0 Å². The molecule has 0 radical (unpaired) electrons. The summed E-state index contributed by atoms with van der Waals surface area (Å²) in [7, 11) is 0. The molecule has 0 aromatic heterocycles. The van der Waals surface area contributed by atoms with Crippen LogP contribution in [0.4, 0.5) is 17.6 Å². The molecule has 0 aliphatic carbocycles. The topological polar surface area (TPSA) is 20.3 Å². The second kappa shape index (κ2) is 6.36. The van der Waals surface area contributed by atoms with E-state index in [9.17, 15) is 22.4 Å². The summed E-state index contributed by atoms with van der Waals surface area (Å²) in [6.45, 7) is 0.279. The van der Waals surface area contributed by atoms with E-state index in [1.807, 2.05) is 0 Å². The molecular formula is C12H12BrF4NO. The van der Waals surface area contributed by atoms with Crippen molar-refractivity contribution in [3.05, 3.63) is 34.1 Å². The van der Waals surface area contributed by atoms with E-state index in [2.05, 4.69) is 15.9 Å². The molecule has 7 heteroatoms. The van der Waals surface area contributed by atoms with Crippen molar-refractivity contribution in [2.24, 2.45) is 0 Å². The smallest absolute Gasteiger partial charge is 0.330 e. The number of halogens is 5. The zero-order valence-corrected chi connectivity index (χ0v) is 11.7. The van der Waals surface area contributed by atoms with E-state index in [4.69, 9.17) is 0 Å². The van der Waals surface area contributed by atoms with Gasteiger partial charge >= 0.3 is 6.18 Å². The molecule has 0 aliphatic rings. The number of carbonyl (C=O) groups excluding carboxylic acids is 1. The van der Waals surface area contributed by atoms with Crippen LogP contribution >= 0.6 is 15.9 Å². The van der Waals surface area contributed by atoms with Crippen molar-refractivity contribution in [2.45, 2.75) is 19.5 Å². The lowest BCUT2D eigenvalue weighted by Crippen LogP contribution is -2.39. The van der Waals surface area contributed by atoms with Gasteiger partial charge in [0.15, 0.2) is 0 Å². The molecule has 19 heavy (non-hydrogen) atoms. The Morgan fingerprint density at radius 2 is 2.00 bits per heavy atom. The molecule has 0 saturated carbocycles. The van der Waals surface area contributed by atoms with Gasteiger partial charge in [0.1, 0.15) is 12.4 Å². The van der Waals surface area contributed by atoms with Crippen molar-refractivity contribution in [1.29, 1.82) is 0 Å². The first kappa shape index (κ1) is 15.9. The van der Waals surface area contributed by atoms with Gasteiger partial charge in [-0.15, -0.1) is 0 Å². The highest BCUT2D eigenvalue weighted by atomic mass is 79.9. The average Bonchev–Trinajstić information content (AvgIpc) is 2.29. The van der Waals surface area contributed by atoms with Gasteiger partial charge < -0.3 is 4.90 Å². The van der Waals surface area contributed by atoms with Crippen LogP contribution < -0.4 is 0 Å². The number of rotatable bonds is 4. The molecule has 0 spiro atoms. The van der Waals surface area contributed by atoms with E-state index in [0.717, 1.165) is 12.1 Å². The van der Waals surface area contributed by atoms with E-state index in [1.54, 1.807) is 6.92 Å². The second-order valence-corrected chi connectivity index (χ2v) is 4.82. The average molecular weight is 342 g/mol. The maximum Gasteiger partial charge on any atom is 0.406 e. The van der Waals surface area contributed by atoms with Gasteiger partial charge in [-0.3, -0.25) is 4.79 Å². The summed E-state index contributed by atoms with van der Waals surface area (Å²) >= 11 is 3.03. The summed E-state index contributed by atoms with van der Waals surface area (Å²) in [6, 6.07) is 3.33. The van der Waals surface area contributed by atoms with Crippen LogP contribution in [0.15, 0.2) is 22.7 Å². The molecule has 1 rings (SSSR count). The number of benzene rings is 1. The van der Waals surface area contributed by atoms with Crippen LogP contribution in [-0.2, 0) is 0 Å². The zero-order valence-electron chi connectivity index (χ0n) is 10.1. The predicted octanol–water partition coefficient (Wildman–Crippen LogP) is 4.00. The minimum atomic E-state index is -4.48. The van der Waals surface area contributed by atoms with Crippen molar-refractivity contribution in [1.82, 2.24) is 4.90 Å². The standard InChI is InChI=1S/C12H12BrF4NO/c1-2-5-18(7-12(15,16)17)11(19)9-6-8(14)3-4-10(9)13/h3-4,6H,2,5,7H2,1H3. The van der Waals surface area contributed by atoms with Crippen LogP contribution in [0.3, 0.4) is 0 Å². The lowest BCUT2D eigenvalue weighted by molar-refractivity contribution is -0.140. The summed E-state index contributed by atoms with van der Waals surface area (Å²) < 4.78 is 50.6. The van der Waals surface area contributed by atoms with Gasteiger partial charge in [-0.25, -0.2) is 4.39 Å². The zero-order chi connectivity index (χ0) is 14.6. The molecule has 1 aromatic rings. The Kier molecular flexibility index (Phi) is 5.34. The Hall–Kier alpha value is -1.11. The Labute approximate surface area is 116 Å². The van der Waals surface area contributed by atoms with Gasteiger partial charge in [-0.05, 0) is 40.5 Å². The van der Waals surface area contributed by atoms with Crippen LogP contribution in [0.5, 0.6) is 0 Å². The molecule has 106 valence electrons. The predicted molar refractivity (Wildman–Crippen MR) is 66.3 cm³/mol. The molecule has 0 N–H and O–H groups in total. The first-order valence-electron chi connectivity index (χ1n) is 5.55. The van der Waals surface area contributed by atoms with Crippen molar-refractivity contribution >= 4 is 21.8 Å². The Bertz CT molecular complexity index is 462. The van der Waals surface area contributed by atoms with E-state index in [-0.39, 0.29) is 16.6 Å². The molecule has 0 fully saturated rings. The van der Waals surface area contributed by atoms with Gasteiger partial charge in [-0.2, -0.15) is 13.2 Å². The molecule has 0 heterocycles. The van der Waals surface area contributed by atoms with Crippen LogP contribution in [0.1, 0.15) is 23.7 Å². The highest BCUT2D eigenvalue weighted by molar-refractivity contribution is 9.10. The molecule has 0 aliphatic heterocycles.